The first-order chi connectivity index (χ1) is 12.0. The molecule has 0 atom stereocenters. The van der Waals surface area contributed by atoms with Gasteiger partial charge in [0.2, 0.25) is 0 Å². The molecule has 0 amide bonds. The van der Waals surface area contributed by atoms with Crippen LogP contribution >= 0.6 is 0 Å². The van der Waals surface area contributed by atoms with Crippen LogP contribution < -0.4 is 5.32 Å². The van der Waals surface area contributed by atoms with Crippen molar-refractivity contribution in [1.82, 2.24) is 10.2 Å². The molecular weight excluding hydrogens is 367 g/mol. The highest BCUT2D eigenvalue weighted by Gasteiger charge is 2.42. The Morgan fingerprint density at radius 1 is 1.23 bits per heavy atom. The third-order valence-corrected chi connectivity index (χ3v) is 8.02. The van der Waals surface area contributed by atoms with Crippen molar-refractivity contribution in [2.24, 2.45) is 16.8 Å². The van der Waals surface area contributed by atoms with Crippen LogP contribution in [0.1, 0.15) is 46.5 Å². The van der Waals surface area contributed by atoms with Crippen molar-refractivity contribution in [2.45, 2.75) is 57.4 Å². The summed E-state index contributed by atoms with van der Waals surface area (Å²) >= 11 is 0. The molecule has 0 radical (unpaired) electrons. The van der Waals surface area contributed by atoms with E-state index in [1.165, 1.54) is 0 Å². The maximum absolute atomic E-state index is 12.8. The molecule has 5 nitrogen and oxygen atoms in total. The fourth-order valence-corrected chi connectivity index (χ4v) is 5.00. The van der Waals surface area contributed by atoms with Gasteiger partial charge in [-0.3, -0.25) is 4.99 Å². The average Bonchev–Trinajstić information content (AvgIpc) is 2.54. The predicted octanol–water partition coefficient (Wildman–Crippen LogP) is 2.83. The Bertz CT molecular complexity index is 609. The van der Waals surface area contributed by atoms with E-state index in [1.54, 1.807) is 13.8 Å². The maximum Gasteiger partial charge on any atom is 0.391 e. The number of aliphatic imine (C=N–C) groups is 1. The Morgan fingerprint density at radius 3 is 2.35 bits per heavy atom. The monoisotopic (exact) mass is 397 g/mol. The van der Waals surface area contributed by atoms with Crippen molar-refractivity contribution in [3.63, 3.8) is 0 Å². The highest BCUT2D eigenvalue weighted by molar-refractivity contribution is 7.92. The van der Waals surface area contributed by atoms with E-state index in [0.29, 0.717) is 45.0 Å². The molecule has 1 heterocycles. The molecule has 2 fully saturated rings. The van der Waals surface area contributed by atoms with Crippen LogP contribution in [0.2, 0.25) is 0 Å². The summed E-state index contributed by atoms with van der Waals surface area (Å²) in [7, 11) is -3.13. The number of alkyl halides is 3. The number of hydrogen-bond acceptors (Lipinski definition) is 3. The van der Waals surface area contributed by atoms with E-state index < -0.39 is 26.7 Å². The Morgan fingerprint density at radius 2 is 1.85 bits per heavy atom. The van der Waals surface area contributed by atoms with Crippen LogP contribution in [0.4, 0.5) is 13.2 Å². The van der Waals surface area contributed by atoms with Crippen LogP contribution in [0.15, 0.2) is 4.99 Å². The molecule has 2 rings (SSSR count). The molecule has 1 aliphatic heterocycles. The molecule has 0 spiro atoms. The summed E-state index contributed by atoms with van der Waals surface area (Å²) in [6, 6.07) is 0. The summed E-state index contributed by atoms with van der Waals surface area (Å²) in [5.41, 5.74) is 0. The summed E-state index contributed by atoms with van der Waals surface area (Å²) < 4.78 is 61.8. The molecule has 9 heteroatoms. The number of sulfone groups is 1. The summed E-state index contributed by atoms with van der Waals surface area (Å²) in [5, 5.41) is 3.19. The molecule has 26 heavy (non-hydrogen) atoms. The molecule has 0 bridgehead atoms. The number of nitrogens with zero attached hydrogens (tertiary/aromatic N) is 2. The largest absolute Gasteiger partial charge is 0.391 e. The van der Waals surface area contributed by atoms with Crippen molar-refractivity contribution < 1.29 is 21.6 Å². The number of rotatable bonds is 3. The van der Waals surface area contributed by atoms with E-state index >= 15 is 0 Å². The normalized spacial score (nSPS) is 29.5. The predicted molar refractivity (Wildman–Crippen MR) is 96.9 cm³/mol. The summed E-state index contributed by atoms with van der Waals surface area (Å²) in [4.78, 5) is 6.57. The third-order valence-electron chi connectivity index (χ3n) is 5.49. The van der Waals surface area contributed by atoms with E-state index in [-0.39, 0.29) is 24.5 Å². The molecule has 0 unspecified atom stereocenters. The van der Waals surface area contributed by atoms with Gasteiger partial charge in [0.15, 0.2) is 15.8 Å². The Kier molecular flexibility index (Phi) is 6.51. The topological polar surface area (TPSA) is 61.8 Å². The first-order valence-corrected chi connectivity index (χ1v) is 10.9. The van der Waals surface area contributed by atoms with Gasteiger partial charge in [0.05, 0.1) is 16.4 Å². The standard InChI is InChI=1S/C17H30F3N3O2S/c1-4-21-15(23-9-10-26(24,25)16(2,3)12-23)22-11-13-5-7-14(8-6-13)17(18,19)20/h13-14H,4-12H2,1-3H3,(H,21,22). The summed E-state index contributed by atoms with van der Waals surface area (Å²) in [6.45, 7) is 7.27. The second-order valence-corrected chi connectivity index (χ2v) is 10.7. The van der Waals surface area contributed by atoms with E-state index in [0.717, 1.165) is 0 Å². The minimum Gasteiger partial charge on any atom is -0.357 e. The Balaban J connectivity index is 1.98. The van der Waals surface area contributed by atoms with Crippen LogP contribution in [0, 0.1) is 11.8 Å². The average molecular weight is 398 g/mol. The van der Waals surface area contributed by atoms with Gasteiger partial charge in [0.25, 0.3) is 0 Å². The van der Waals surface area contributed by atoms with Crippen LogP contribution in [-0.2, 0) is 9.84 Å². The van der Waals surface area contributed by atoms with Crippen molar-refractivity contribution >= 4 is 15.8 Å². The van der Waals surface area contributed by atoms with E-state index in [2.05, 4.69) is 10.3 Å². The molecule has 1 saturated heterocycles. The van der Waals surface area contributed by atoms with Gasteiger partial charge in [-0.1, -0.05) is 0 Å². The van der Waals surface area contributed by atoms with Gasteiger partial charge in [0, 0.05) is 26.2 Å². The lowest BCUT2D eigenvalue weighted by Crippen LogP contribution is -2.57. The molecule has 2 aliphatic rings. The quantitative estimate of drug-likeness (QED) is 0.588. The van der Waals surface area contributed by atoms with Gasteiger partial charge >= 0.3 is 6.18 Å². The molecule has 152 valence electrons. The van der Waals surface area contributed by atoms with Gasteiger partial charge in [-0.05, 0) is 52.4 Å². The van der Waals surface area contributed by atoms with Crippen LogP contribution in [-0.4, -0.2) is 62.1 Å². The lowest BCUT2D eigenvalue weighted by molar-refractivity contribution is -0.183. The summed E-state index contributed by atoms with van der Waals surface area (Å²) in [5.74, 6) is -0.275. The van der Waals surface area contributed by atoms with Crippen LogP contribution in [0.3, 0.4) is 0 Å². The fourth-order valence-electron chi connectivity index (χ4n) is 3.64. The molecule has 0 aromatic heterocycles. The zero-order chi connectivity index (χ0) is 19.6. The van der Waals surface area contributed by atoms with Crippen molar-refractivity contribution in [2.75, 3.05) is 31.9 Å². The lowest BCUT2D eigenvalue weighted by atomic mass is 9.82. The van der Waals surface area contributed by atoms with Gasteiger partial charge < -0.3 is 10.2 Å². The maximum atomic E-state index is 12.8. The highest BCUT2D eigenvalue weighted by atomic mass is 32.2. The van der Waals surface area contributed by atoms with Crippen LogP contribution in [0.5, 0.6) is 0 Å². The minimum atomic E-state index is -4.09. The molecule has 1 saturated carbocycles. The smallest absolute Gasteiger partial charge is 0.357 e. The number of hydrogen-bond donors (Lipinski definition) is 1. The van der Waals surface area contributed by atoms with Crippen molar-refractivity contribution in [3.8, 4) is 0 Å². The SMILES string of the molecule is CCNC(=NCC1CCC(C(F)(F)F)CC1)N1CCS(=O)(=O)C(C)(C)C1. The van der Waals surface area contributed by atoms with Gasteiger partial charge in [-0.15, -0.1) is 0 Å². The molecule has 0 aromatic rings. The lowest BCUT2D eigenvalue weighted by Gasteiger charge is -2.39. The molecule has 1 aliphatic carbocycles. The van der Waals surface area contributed by atoms with Crippen molar-refractivity contribution in [1.29, 1.82) is 0 Å². The Labute approximate surface area is 154 Å². The van der Waals surface area contributed by atoms with Gasteiger partial charge in [-0.2, -0.15) is 13.2 Å². The molecular formula is C17H30F3N3O2S. The van der Waals surface area contributed by atoms with E-state index in [1.807, 2.05) is 11.8 Å². The van der Waals surface area contributed by atoms with E-state index in [9.17, 15) is 21.6 Å². The second kappa shape index (κ2) is 7.94. The first kappa shape index (κ1) is 21.3. The minimum absolute atomic E-state index is 0.0844. The number of nitrogens with one attached hydrogen (secondary N) is 1. The fraction of sp³-hybridized carbons (Fsp3) is 0.941. The second-order valence-electron chi connectivity index (χ2n) is 7.95. The molecule has 1 N–H and O–H groups in total. The van der Waals surface area contributed by atoms with E-state index in [4.69, 9.17) is 0 Å². The number of guanidine groups is 1. The third kappa shape index (κ3) is 5.04. The van der Waals surface area contributed by atoms with Gasteiger partial charge in [0.1, 0.15) is 0 Å². The molecule has 0 aromatic carbocycles. The number of halogens is 3. The first-order valence-electron chi connectivity index (χ1n) is 9.28. The van der Waals surface area contributed by atoms with Crippen molar-refractivity contribution in [3.05, 3.63) is 0 Å². The van der Waals surface area contributed by atoms with Gasteiger partial charge in [-0.25, -0.2) is 8.42 Å². The zero-order valence-electron chi connectivity index (χ0n) is 15.8. The van der Waals surface area contributed by atoms with Crippen LogP contribution in [0.25, 0.3) is 0 Å². The highest BCUT2D eigenvalue weighted by Crippen LogP contribution is 2.39. The zero-order valence-corrected chi connectivity index (χ0v) is 16.6. The summed E-state index contributed by atoms with van der Waals surface area (Å²) in [6.07, 6.45) is -2.67. The Hall–Kier alpha value is -0.990.